The fourth-order valence-electron chi connectivity index (χ4n) is 1.95. The van der Waals surface area contributed by atoms with E-state index in [-0.39, 0.29) is 6.10 Å². The van der Waals surface area contributed by atoms with E-state index < -0.39 is 0 Å². The maximum Gasteiger partial charge on any atom is 0.120 e. The Kier molecular flexibility index (Phi) is 6.89. The molecule has 0 amide bonds. The van der Waals surface area contributed by atoms with Crippen LogP contribution in [0, 0.1) is 0 Å². The summed E-state index contributed by atoms with van der Waals surface area (Å²) in [5.41, 5.74) is 1.27. The molecule has 0 aliphatic heterocycles. The molecule has 0 aliphatic carbocycles. The molecule has 0 aromatic heterocycles. The standard InChI is InChI=1S/C16H28N2O/c1-6-18(5)12-14(4)17-11-15-8-7-9-16(10-15)19-13(2)3/h7-10,13-14,17H,6,11-12H2,1-5H3. The van der Waals surface area contributed by atoms with Crippen molar-refractivity contribution in [1.29, 1.82) is 0 Å². The van der Waals surface area contributed by atoms with Crippen molar-refractivity contribution in [2.75, 3.05) is 20.1 Å². The summed E-state index contributed by atoms with van der Waals surface area (Å²) >= 11 is 0. The Morgan fingerprint density at radius 2 is 2.00 bits per heavy atom. The molecule has 1 aromatic carbocycles. The number of benzene rings is 1. The third-order valence-corrected chi connectivity index (χ3v) is 3.05. The van der Waals surface area contributed by atoms with E-state index in [1.165, 1.54) is 5.56 Å². The van der Waals surface area contributed by atoms with Gasteiger partial charge in [0.1, 0.15) is 5.75 Å². The minimum absolute atomic E-state index is 0.223. The second-order valence-corrected chi connectivity index (χ2v) is 5.45. The van der Waals surface area contributed by atoms with Crippen LogP contribution < -0.4 is 10.1 Å². The largest absolute Gasteiger partial charge is 0.491 e. The van der Waals surface area contributed by atoms with Crippen LogP contribution in [0.4, 0.5) is 0 Å². The van der Waals surface area contributed by atoms with Crippen molar-refractivity contribution in [2.45, 2.75) is 46.4 Å². The second-order valence-electron chi connectivity index (χ2n) is 5.45. The lowest BCUT2D eigenvalue weighted by molar-refractivity contribution is 0.242. The van der Waals surface area contributed by atoms with Crippen LogP contribution in [0.2, 0.25) is 0 Å². The number of hydrogen-bond acceptors (Lipinski definition) is 3. The van der Waals surface area contributed by atoms with Gasteiger partial charge in [-0.15, -0.1) is 0 Å². The lowest BCUT2D eigenvalue weighted by Gasteiger charge is -2.21. The lowest BCUT2D eigenvalue weighted by Crippen LogP contribution is -2.36. The third-order valence-electron chi connectivity index (χ3n) is 3.05. The van der Waals surface area contributed by atoms with E-state index in [0.717, 1.165) is 25.4 Å². The average Bonchev–Trinajstić information content (AvgIpc) is 2.36. The molecule has 1 atom stereocenters. The third kappa shape index (κ3) is 6.60. The van der Waals surface area contributed by atoms with E-state index in [1.807, 2.05) is 19.9 Å². The maximum atomic E-state index is 5.71. The number of ether oxygens (including phenoxy) is 1. The first-order valence-electron chi connectivity index (χ1n) is 7.18. The molecule has 108 valence electrons. The van der Waals surface area contributed by atoms with Gasteiger partial charge in [0.25, 0.3) is 0 Å². The van der Waals surface area contributed by atoms with Gasteiger partial charge in [0.15, 0.2) is 0 Å². The lowest BCUT2D eigenvalue weighted by atomic mass is 10.2. The molecule has 0 spiro atoms. The summed E-state index contributed by atoms with van der Waals surface area (Å²) < 4.78 is 5.71. The van der Waals surface area contributed by atoms with Gasteiger partial charge in [0.2, 0.25) is 0 Å². The molecule has 19 heavy (non-hydrogen) atoms. The molecule has 1 aromatic rings. The summed E-state index contributed by atoms with van der Waals surface area (Å²) in [6.07, 6.45) is 0.223. The van der Waals surface area contributed by atoms with Gasteiger partial charge in [-0.2, -0.15) is 0 Å². The quantitative estimate of drug-likeness (QED) is 0.781. The Bertz CT molecular complexity index is 366. The molecule has 0 aliphatic rings. The maximum absolute atomic E-state index is 5.71. The second kappa shape index (κ2) is 8.18. The summed E-state index contributed by atoms with van der Waals surface area (Å²) in [6, 6.07) is 8.80. The number of likely N-dealkylation sites (N-methyl/N-ethyl adjacent to an activating group) is 1. The number of hydrogen-bond donors (Lipinski definition) is 1. The highest BCUT2D eigenvalue weighted by Gasteiger charge is 2.05. The number of nitrogens with one attached hydrogen (secondary N) is 1. The molecule has 3 heteroatoms. The molecule has 3 nitrogen and oxygen atoms in total. The first-order chi connectivity index (χ1) is 9.01. The first-order valence-corrected chi connectivity index (χ1v) is 7.18. The van der Waals surface area contributed by atoms with Crippen LogP contribution in [0.5, 0.6) is 5.75 Å². The SMILES string of the molecule is CCN(C)CC(C)NCc1cccc(OC(C)C)c1. The van der Waals surface area contributed by atoms with E-state index in [4.69, 9.17) is 4.74 Å². The van der Waals surface area contributed by atoms with Crippen LogP contribution in [0.3, 0.4) is 0 Å². The molecule has 0 heterocycles. The molecule has 1 N–H and O–H groups in total. The van der Waals surface area contributed by atoms with Gasteiger partial charge < -0.3 is 15.0 Å². The molecule has 0 saturated carbocycles. The van der Waals surface area contributed by atoms with Crippen molar-refractivity contribution in [3.8, 4) is 5.75 Å². The first kappa shape index (κ1) is 16.0. The molecule has 0 radical (unpaired) electrons. The Labute approximate surface area is 118 Å². The van der Waals surface area contributed by atoms with Crippen LogP contribution in [-0.2, 0) is 6.54 Å². The highest BCUT2D eigenvalue weighted by molar-refractivity contribution is 5.28. The van der Waals surface area contributed by atoms with E-state index >= 15 is 0 Å². The predicted molar refractivity (Wildman–Crippen MR) is 81.7 cm³/mol. The molecule has 0 bridgehead atoms. The Balaban J connectivity index is 2.44. The van der Waals surface area contributed by atoms with Gasteiger partial charge in [0, 0.05) is 19.1 Å². The average molecular weight is 264 g/mol. The molecular weight excluding hydrogens is 236 g/mol. The van der Waals surface area contributed by atoms with Crippen LogP contribution in [0.1, 0.15) is 33.3 Å². The van der Waals surface area contributed by atoms with Crippen LogP contribution in [0.15, 0.2) is 24.3 Å². The van der Waals surface area contributed by atoms with E-state index in [2.05, 4.69) is 49.3 Å². The van der Waals surface area contributed by atoms with Crippen LogP contribution in [-0.4, -0.2) is 37.2 Å². The Hall–Kier alpha value is -1.06. The van der Waals surface area contributed by atoms with Crippen molar-refractivity contribution in [1.82, 2.24) is 10.2 Å². The van der Waals surface area contributed by atoms with E-state index in [0.29, 0.717) is 6.04 Å². The van der Waals surface area contributed by atoms with Gasteiger partial charge in [-0.05, 0) is 52.1 Å². The Morgan fingerprint density at radius 3 is 2.63 bits per heavy atom. The highest BCUT2D eigenvalue weighted by Crippen LogP contribution is 2.14. The zero-order chi connectivity index (χ0) is 14.3. The van der Waals surface area contributed by atoms with Crippen molar-refractivity contribution < 1.29 is 4.74 Å². The fraction of sp³-hybridized carbons (Fsp3) is 0.625. The smallest absolute Gasteiger partial charge is 0.120 e. The van der Waals surface area contributed by atoms with Gasteiger partial charge in [0.05, 0.1) is 6.10 Å². The molecule has 1 rings (SSSR count). The minimum atomic E-state index is 0.223. The summed E-state index contributed by atoms with van der Waals surface area (Å²) in [7, 11) is 2.15. The normalized spacial score (nSPS) is 13.0. The fourth-order valence-corrected chi connectivity index (χ4v) is 1.95. The molecular formula is C16H28N2O. The molecule has 1 unspecified atom stereocenters. The van der Waals surface area contributed by atoms with Gasteiger partial charge in [-0.3, -0.25) is 0 Å². The molecule has 0 fully saturated rings. The van der Waals surface area contributed by atoms with Crippen molar-refractivity contribution >= 4 is 0 Å². The predicted octanol–water partition coefficient (Wildman–Crippen LogP) is 2.90. The van der Waals surface area contributed by atoms with Crippen molar-refractivity contribution in [2.24, 2.45) is 0 Å². The molecule has 0 saturated heterocycles. The zero-order valence-electron chi connectivity index (χ0n) is 12.9. The van der Waals surface area contributed by atoms with Crippen molar-refractivity contribution in [3.63, 3.8) is 0 Å². The number of rotatable bonds is 8. The topological polar surface area (TPSA) is 24.5 Å². The van der Waals surface area contributed by atoms with Gasteiger partial charge >= 0.3 is 0 Å². The van der Waals surface area contributed by atoms with Gasteiger partial charge in [-0.1, -0.05) is 19.1 Å². The Morgan fingerprint density at radius 1 is 1.26 bits per heavy atom. The van der Waals surface area contributed by atoms with Crippen molar-refractivity contribution in [3.05, 3.63) is 29.8 Å². The summed E-state index contributed by atoms with van der Waals surface area (Å²) in [6.45, 7) is 11.5. The minimum Gasteiger partial charge on any atom is -0.491 e. The summed E-state index contributed by atoms with van der Waals surface area (Å²) in [5, 5.41) is 3.55. The highest BCUT2D eigenvalue weighted by atomic mass is 16.5. The summed E-state index contributed by atoms with van der Waals surface area (Å²) in [5.74, 6) is 0.952. The van der Waals surface area contributed by atoms with Crippen LogP contribution >= 0.6 is 0 Å². The number of nitrogens with zero attached hydrogens (tertiary/aromatic N) is 1. The summed E-state index contributed by atoms with van der Waals surface area (Å²) in [4.78, 5) is 2.32. The van der Waals surface area contributed by atoms with E-state index in [9.17, 15) is 0 Å². The van der Waals surface area contributed by atoms with E-state index in [1.54, 1.807) is 0 Å². The zero-order valence-corrected chi connectivity index (χ0v) is 12.9. The van der Waals surface area contributed by atoms with Crippen LogP contribution in [0.25, 0.3) is 0 Å². The van der Waals surface area contributed by atoms with Gasteiger partial charge in [-0.25, -0.2) is 0 Å². The monoisotopic (exact) mass is 264 g/mol.